The van der Waals surface area contributed by atoms with Gasteiger partial charge in [-0.05, 0) is 50.3 Å². The van der Waals surface area contributed by atoms with Gasteiger partial charge < -0.3 is 11.5 Å². The first-order chi connectivity index (χ1) is 11.6. The fourth-order valence-electron chi connectivity index (χ4n) is 3.43. The highest BCUT2D eigenvalue weighted by atomic mass is 15.0. The highest BCUT2D eigenvalue weighted by Crippen LogP contribution is 2.33. The summed E-state index contributed by atoms with van der Waals surface area (Å²) in [5.41, 5.74) is 15.9. The summed E-state index contributed by atoms with van der Waals surface area (Å²) in [4.78, 5) is 13.9. The van der Waals surface area contributed by atoms with Crippen LogP contribution in [0.2, 0.25) is 0 Å². The highest BCUT2D eigenvalue weighted by Gasteiger charge is 2.35. The third-order valence-electron chi connectivity index (χ3n) is 5.00. The Balaban J connectivity index is 1.80. The molecule has 0 spiro atoms. The number of pyridine rings is 1. The third-order valence-corrected chi connectivity index (χ3v) is 5.00. The molecule has 0 aliphatic heterocycles. The van der Waals surface area contributed by atoms with Gasteiger partial charge in [0.15, 0.2) is 0 Å². The topological polar surface area (TPSA) is 95.1 Å². The van der Waals surface area contributed by atoms with E-state index in [2.05, 4.69) is 9.97 Å². The monoisotopic (exact) mass is 322 g/mol. The third kappa shape index (κ3) is 2.48. The van der Waals surface area contributed by atoms with Crippen molar-refractivity contribution in [3.63, 3.8) is 0 Å². The van der Waals surface area contributed by atoms with E-state index >= 15 is 0 Å². The summed E-state index contributed by atoms with van der Waals surface area (Å²) >= 11 is 0. The molecule has 1 aliphatic carbocycles. The van der Waals surface area contributed by atoms with Crippen molar-refractivity contribution in [1.29, 1.82) is 0 Å². The number of fused-ring (bicyclic) bond motifs is 1. The molecule has 24 heavy (non-hydrogen) atoms. The second kappa shape index (κ2) is 5.65. The van der Waals surface area contributed by atoms with Gasteiger partial charge in [0.05, 0.1) is 23.1 Å². The minimum atomic E-state index is -0.487. The van der Waals surface area contributed by atoms with E-state index in [9.17, 15) is 0 Å². The molecule has 124 valence electrons. The van der Waals surface area contributed by atoms with Crippen LogP contribution in [-0.4, -0.2) is 25.4 Å². The largest absolute Gasteiger partial charge is 0.328 e. The zero-order valence-corrected chi connectivity index (χ0v) is 13.8. The van der Waals surface area contributed by atoms with E-state index in [4.69, 9.17) is 16.5 Å². The first-order valence-corrected chi connectivity index (χ1v) is 8.38. The SMILES string of the molecule is Cc1cnc(C2(N)CCC(N)CC2)nc1-c1cnc2ccccn12. The average molecular weight is 322 g/mol. The van der Waals surface area contributed by atoms with Gasteiger partial charge in [-0.1, -0.05) is 6.07 Å². The first kappa shape index (κ1) is 15.2. The minimum Gasteiger partial charge on any atom is -0.328 e. The van der Waals surface area contributed by atoms with Crippen LogP contribution in [0.15, 0.2) is 36.8 Å². The van der Waals surface area contributed by atoms with Crippen molar-refractivity contribution in [3.8, 4) is 11.4 Å². The van der Waals surface area contributed by atoms with Crippen molar-refractivity contribution >= 4 is 5.65 Å². The summed E-state index contributed by atoms with van der Waals surface area (Å²) in [6.07, 6.45) is 9.19. The van der Waals surface area contributed by atoms with Crippen molar-refractivity contribution in [2.45, 2.75) is 44.2 Å². The van der Waals surface area contributed by atoms with Crippen molar-refractivity contribution in [2.24, 2.45) is 11.5 Å². The number of imidazole rings is 1. The molecule has 3 aromatic heterocycles. The van der Waals surface area contributed by atoms with Crippen LogP contribution < -0.4 is 11.5 Å². The maximum atomic E-state index is 6.62. The number of rotatable bonds is 2. The van der Waals surface area contributed by atoms with Gasteiger partial charge in [-0.15, -0.1) is 0 Å². The maximum Gasteiger partial charge on any atom is 0.148 e. The molecular weight excluding hydrogens is 300 g/mol. The molecule has 0 radical (unpaired) electrons. The summed E-state index contributed by atoms with van der Waals surface area (Å²) in [5.74, 6) is 0.709. The van der Waals surface area contributed by atoms with Crippen LogP contribution in [0.25, 0.3) is 17.0 Å². The second-order valence-corrected chi connectivity index (χ2v) is 6.79. The number of nitrogens with zero attached hydrogens (tertiary/aromatic N) is 4. The maximum absolute atomic E-state index is 6.62. The Morgan fingerprint density at radius 3 is 2.75 bits per heavy atom. The van der Waals surface area contributed by atoms with Gasteiger partial charge in [0.2, 0.25) is 0 Å². The van der Waals surface area contributed by atoms with E-state index in [0.717, 1.165) is 48.3 Å². The van der Waals surface area contributed by atoms with Crippen LogP contribution in [0.1, 0.15) is 37.1 Å². The Labute approximate surface area is 140 Å². The van der Waals surface area contributed by atoms with Crippen LogP contribution in [0.3, 0.4) is 0 Å². The summed E-state index contributed by atoms with van der Waals surface area (Å²) in [7, 11) is 0. The van der Waals surface area contributed by atoms with Gasteiger partial charge in [0.1, 0.15) is 11.5 Å². The van der Waals surface area contributed by atoms with Gasteiger partial charge >= 0.3 is 0 Å². The molecule has 0 saturated heterocycles. The predicted octanol–water partition coefficient (Wildman–Crippen LogP) is 2.16. The Hall–Kier alpha value is -2.31. The van der Waals surface area contributed by atoms with Crippen LogP contribution in [0, 0.1) is 6.92 Å². The summed E-state index contributed by atoms with van der Waals surface area (Å²) in [6, 6.07) is 6.19. The standard InChI is InChI=1S/C18H22N6/c1-12-10-22-17(18(20)7-5-13(19)6-8-18)23-16(12)14-11-21-15-4-2-3-9-24(14)15/h2-4,9-11,13H,5-8,19-20H2,1H3. The fraction of sp³-hybridized carbons (Fsp3) is 0.389. The molecular formula is C18H22N6. The Kier molecular flexibility index (Phi) is 3.58. The summed E-state index contributed by atoms with van der Waals surface area (Å²) in [5, 5.41) is 0. The van der Waals surface area contributed by atoms with Crippen molar-refractivity contribution < 1.29 is 0 Å². The molecule has 1 fully saturated rings. The Morgan fingerprint density at radius 2 is 1.96 bits per heavy atom. The van der Waals surface area contributed by atoms with E-state index in [1.54, 1.807) is 0 Å². The molecule has 6 nitrogen and oxygen atoms in total. The molecule has 0 amide bonds. The molecule has 3 heterocycles. The van der Waals surface area contributed by atoms with E-state index < -0.39 is 5.54 Å². The molecule has 1 saturated carbocycles. The summed E-state index contributed by atoms with van der Waals surface area (Å²) in [6.45, 7) is 2.02. The average Bonchev–Trinajstić information content (AvgIpc) is 3.02. The van der Waals surface area contributed by atoms with Crippen LogP contribution in [0.4, 0.5) is 0 Å². The van der Waals surface area contributed by atoms with Crippen LogP contribution in [-0.2, 0) is 5.54 Å². The lowest BCUT2D eigenvalue weighted by molar-refractivity contribution is 0.264. The van der Waals surface area contributed by atoms with Gasteiger partial charge in [-0.2, -0.15) is 0 Å². The number of aromatic nitrogens is 4. The fourth-order valence-corrected chi connectivity index (χ4v) is 3.43. The lowest BCUT2D eigenvalue weighted by Crippen LogP contribution is -2.45. The van der Waals surface area contributed by atoms with Crippen molar-refractivity contribution in [3.05, 3.63) is 48.2 Å². The predicted molar refractivity (Wildman–Crippen MR) is 93.3 cm³/mol. The van der Waals surface area contributed by atoms with E-state index in [0.29, 0.717) is 5.82 Å². The summed E-state index contributed by atoms with van der Waals surface area (Å²) < 4.78 is 2.04. The van der Waals surface area contributed by atoms with Gasteiger partial charge in [0.25, 0.3) is 0 Å². The van der Waals surface area contributed by atoms with Gasteiger partial charge in [-0.25, -0.2) is 15.0 Å². The normalized spacial score (nSPS) is 24.4. The first-order valence-electron chi connectivity index (χ1n) is 8.38. The van der Waals surface area contributed by atoms with Crippen molar-refractivity contribution in [1.82, 2.24) is 19.4 Å². The molecule has 3 aromatic rings. The smallest absolute Gasteiger partial charge is 0.148 e. The molecule has 0 atom stereocenters. The Morgan fingerprint density at radius 1 is 1.17 bits per heavy atom. The highest BCUT2D eigenvalue weighted by molar-refractivity contribution is 5.62. The minimum absolute atomic E-state index is 0.241. The number of hydrogen-bond donors (Lipinski definition) is 2. The van der Waals surface area contributed by atoms with E-state index in [1.165, 1.54) is 0 Å². The van der Waals surface area contributed by atoms with E-state index in [1.807, 2.05) is 48.1 Å². The number of hydrogen-bond acceptors (Lipinski definition) is 5. The van der Waals surface area contributed by atoms with Crippen molar-refractivity contribution in [2.75, 3.05) is 0 Å². The second-order valence-electron chi connectivity index (χ2n) is 6.79. The number of nitrogens with two attached hydrogens (primary N) is 2. The van der Waals surface area contributed by atoms with Gasteiger partial charge in [-0.3, -0.25) is 4.40 Å². The molecule has 1 aliphatic rings. The molecule has 0 unspecified atom stereocenters. The molecule has 4 N–H and O–H groups in total. The number of aryl methyl sites for hydroxylation is 1. The molecule has 4 rings (SSSR count). The zero-order valence-electron chi connectivity index (χ0n) is 13.8. The van der Waals surface area contributed by atoms with E-state index in [-0.39, 0.29) is 6.04 Å². The van der Waals surface area contributed by atoms with Gasteiger partial charge in [0, 0.05) is 18.4 Å². The van der Waals surface area contributed by atoms with Crippen LogP contribution >= 0.6 is 0 Å². The zero-order chi connectivity index (χ0) is 16.7. The molecule has 6 heteroatoms. The molecule has 0 bridgehead atoms. The Bertz CT molecular complexity index is 876. The quantitative estimate of drug-likeness (QED) is 0.754. The lowest BCUT2D eigenvalue weighted by Gasteiger charge is -2.34. The van der Waals surface area contributed by atoms with Crippen LogP contribution in [0.5, 0.6) is 0 Å². The lowest BCUT2D eigenvalue weighted by atomic mass is 9.79. The molecule has 0 aromatic carbocycles.